The van der Waals surface area contributed by atoms with Gasteiger partial charge < -0.3 is 4.74 Å². The third kappa shape index (κ3) is 3.33. The number of fused-ring (bicyclic) bond motifs is 1. The maximum absolute atomic E-state index is 12.4. The molecule has 0 bridgehead atoms. The highest BCUT2D eigenvalue weighted by atomic mass is 16.6. The molecule has 0 aliphatic heterocycles. The molecule has 0 aliphatic carbocycles. The Balaban J connectivity index is 2.24. The van der Waals surface area contributed by atoms with E-state index in [0.717, 1.165) is 11.1 Å². The minimum atomic E-state index is -0.524. The highest BCUT2D eigenvalue weighted by Crippen LogP contribution is 2.28. The first kappa shape index (κ1) is 16.6. The van der Waals surface area contributed by atoms with Gasteiger partial charge in [-0.05, 0) is 26.0 Å². The van der Waals surface area contributed by atoms with Crippen molar-refractivity contribution in [2.24, 2.45) is 0 Å². The highest BCUT2D eigenvalue weighted by Gasteiger charge is 2.17. The summed E-state index contributed by atoms with van der Waals surface area (Å²) >= 11 is 0. The molecular weight excluding hydrogens is 320 g/mol. The molecule has 6 heteroatoms. The summed E-state index contributed by atoms with van der Waals surface area (Å²) in [4.78, 5) is 27.4. The Morgan fingerprint density at radius 1 is 1.16 bits per heavy atom. The van der Waals surface area contributed by atoms with Crippen LogP contribution >= 0.6 is 0 Å². The molecule has 0 saturated carbocycles. The van der Waals surface area contributed by atoms with Gasteiger partial charge in [0.1, 0.15) is 0 Å². The van der Waals surface area contributed by atoms with E-state index in [1.165, 1.54) is 12.1 Å². The number of pyridine rings is 1. The van der Waals surface area contributed by atoms with Gasteiger partial charge in [-0.1, -0.05) is 29.8 Å². The van der Waals surface area contributed by atoms with E-state index in [4.69, 9.17) is 4.74 Å². The topological polar surface area (TPSA) is 82.3 Å². The molecule has 1 aromatic heterocycles. The number of non-ortho nitro benzene ring substituents is 1. The zero-order valence-electron chi connectivity index (χ0n) is 13.9. The second-order valence-electron chi connectivity index (χ2n) is 5.60. The summed E-state index contributed by atoms with van der Waals surface area (Å²) in [7, 11) is 0. The van der Waals surface area contributed by atoms with Crippen LogP contribution in [0.2, 0.25) is 0 Å². The molecule has 2 aromatic carbocycles. The molecule has 0 fully saturated rings. The van der Waals surface area contributed by atoms with Gasteiger partial charge in [0.25, 0.3) is 5.69 Å². The van der Waals surface area contributed by atoms with E-state index in [1.54, 1.807) is 19.1 Å². The molecule has 25 heavy (non-hydrogen) atoms. The number of aromatic nitrogens is 1. The normalized spacial score (nSPS) is 10.6. The van der Waals surface area contributed by atoms with Gasteiger partial charge in [0, 0.05) is 23.1 Å². The molecule has 0 spiro atoms. The van der Waals surface area contributed by atoms with E-state index in [1.807, 2.05) is 31.2 Å². The fourth-order valence-electron chi connectivity index (χ4n) is 2.58. The SMILES string of the molecule is CCOC(=O)c1cc(-c2ccc(C)cc2)nc2ccc([N+](=O)[O-])cc12. The summed E-state index contributed by atoms with van der Waals surface area (Å²) < 4.78 is 5.11. The summed E-state index contributed by atoms with van der Waals surface area (Å²) in [5.41, 5.74) is 3.27. The Labute approximate surface area is 144 Å². The standard InChI is InChI=1S/C19H16N2O4/c1-3-25-19(22)16-11-18(13-6-4-12(2)5-7-13)20-17-9-8-14(21(23)24)10-15(16)17/h4-11H,3H2,1-2H3. The number of hydrogen-bond acceptors (Lipinski definition) is 5. The first-order valence-electron chi connectivity index (χ1n) is 7.83. The average Bonchev–Trinajstić information content (AvgIpc) is 2.61. The summed E-state index contributed by atoms with van der Waals surface area (Å²) in [5, 5.41) is 11.4. The van der Waals surface area contributed by atoms with Gasteiger partial charge in [0.2, 0.25) is 0 Å². The number of rotatable bonds is 4. The van der Waals surface area contributed by atoms with Gasteiger partial charge in [-0.15, -0.1) is 0 Å². The third-order valence-electron chi connectivity index (χ3n) is 3.85. The zero-order chi connectivity index (χ0) is 18.0. The highest BCUT2D eigenvalue weighted by molar-refractivity contribution is 6.05. The molecule has 0 saturated heterocycles. The lowest BCUT2D eigenvalue weighted by molar-refractivity contribution is -0.384. The van der Waals surface area contributed by atoms with Gasteiger partial charge >= 0.3 is 5.97 Å². The summed E-state index contributed by atoms with van der Waals surface area (Å²) in [6, 6.07) is 13.7. The van der Waals surface area contributed by atoms with Crippen molar-refractivity contribution in [1.29, 1.82) is 0 Å². The van der Waals surface area contributed by atoms with Crippen LogP contribution in [0.3, 0.4) is 0 Å². The van der Waals surface area contributed by atoms with Gasteiger partial charge in [-0.2, -0.15) is 0 Å². The first-order chi connectivity index (χ1) is 12.0. The number of nitrogens with zero attached hydrogens (tertiary/aromatic N) is 2. The number of carbonyl (C=O) groups is 1. The molecule has 0 atom stereocenters. The first-order valence-corrected chi connectivity index (χ1v) is 7.83. The number of ether oxygens (including phenoxy) is 1. The van der Waals surface area contributed by atoms with Crippen LogP contribution in [0.25, 0.3) is 22.2 Å². The zero-order valence-corrected chi connectivity index (χ0v) is 13.9. The van der Waals surface area contributed by atoms with Crippen molar-refractivity contribution in [3.05, 3.63) is 69.8 Å². The number of benzene rings is 2. The Morgan fingerprint density at radius 2 is 1.88 bits per heavy atom. The van der Waals surface area contributed by atoms with E-state index in [-0.39, 0.29) is 17.9 Å². The maximum atomic E-state index is 12.4. The number of aryl methyl sites for hydroxylation is 1. The van der Waals surface area contributed by atoms with Crippen molar-refractivity contribution < 1.29 is 14.5 Å². The van der Waals surface area contributed by atoms with Gasteiger partial charge in [0.05, 0.1) is 28.3 Å². The molecule has 1 heterocycles. The fourth-order valence-corrected chi connectivity index (χ4v) is 2.58. The molecule has 0 unspecified atom stereocenters. The lowest BCUT2D eigenvalue weighted by Gasteiger charge is -2.09. The quantitative estimate of drug-likeness (QED) is 0.403. The van der Waals surface area contributed by atoms with Crippen LogP contribution < -0.4 is 0 Å². The lowest BCUT2D eigenvalue weighted by atomic mass is 10.0. The number of hydrogen-bond donors (Lipinski definition) is 0. The van der Waals surface area contributed by atoms with Gasteiger partial charge in [-0.25, -0.2) is 9.78 Å². The van der Waals surface area contributed by atoms with Crippen molar-refractivity contribution in [1.82, 2.24) is 4.98 Å². The van der Waals surface area contributed by atoms with Crippen LogP contribution in [0.4, 0.5) is 5.69 Å². The Hall–Kier alpha value is -3.28. The van der Waals surface area contributed by atoms with Crippen LogP contribution in [0, 0.1) is 17.0 Å². The lowest BCUT2D eigenvalue weighted by Crippen LogP contribution is -2.07. The van der Waals surface area contributed by atoms with E-state index in [9.17, 15) is 14.9 Å². The molecule has 126 valence electrons. The molecule has 6 nitrogen and oxygen atoms in total. The van der Waals surface area contributed by atoms with Crippen molar-refractivity contribution in [2.45, 2.75) is 13.8 Å². The second kappa shape index (κ2) is 6.68. The summed E-state index contributed by atoms with van der Waals surface area (Å²) in [5.74, 6) is -0.524. The molecule has 0 radical (unpaired) electrons. The smallest absolute Gasteiger partial charge is 0.338 e. The average molecular weight is 336 g/mol. The van der Waals surface area contributed by atoms with E-state index >= 15 is 0 Å². The summed E-state index contributed by atoms with van der Waals surface area (Å²) in [6.45, 7) is 3.92. The molecular formula is C19H16N2O4. The molecule has 0 aliphatic rings. The van der Waals surface area contributed by atoms with Crippen molar-refractivity contribution in [3.8, 4) is 11.3 Å². The van der Waals surface area contributed by atoms with E-state index in [2.05, 4.69) is 4.98 Å². The largest absolute Gasteiger partial charge is 0.462 e. The van der Waals surface area contributed by atoms with E-state index < -0.39 is 10.9 Å². The van der Waals surface area contributed by atoms with Crippen molar-refractivity contribution in [3.63, 3.8) is 0 Å². The Morgan fingerprint density at radius 3 is 2.52 bits per heavy atom. The van der Waals surface area contributed by atoms with Gasteiger partial charge in [-0.3, -0.25) is 10.1 Å². The van der Waals surface area contributed by atoms with Crippen molar-refractivity contribution in [2.75, 3.05) is 6.61 Å². The van der Waals surface area contributed by atoms with E-state index in [0.29, 0.717) is 16.6 Å². The summed E-state index contributed by atoms with van der Waals surface area (Å²) in [6.07, 6.45) is 0. The monoisotopic (exact) mass is 336 g/mol. The molecule has 0 N–H and O–H groups in total. The molecule has 3 rings (SSSR count). The van der Waals surface area contributed by atoms with Crippen LogP contribution in [0.1, 0.15) is 22.8 Å². The molecule has 3 aromatic rings. The van der Waals surface area contributed by atoms with Crippen molar-refractivity contribution >= 4 is 22.6 Å². The predicted molar refractivity (Wildman–Crippen MR) is 94.5 cm³/mol. The van der Waals surface area contributed by atoms with Gasteiger partial charge in [0.15, 0.2) is 0 Å². The predicted octanol–water partition coefficient (Wildman–Crippen LogP) is 4.30. The maximum Gasteiger partial charge on any atom is 0.338 e. The minimum absolute atomic E-state index is 0.0945. The second-order valence-corrected chi connectivity index (χ2v) is 5.60. The third-order valence-corrected chi connectivity index (χ3v) is 3.85. The Bertz CT molecular complexity index is 965. The number of nitro benzene ring substituents is 1. The minimum Gasteiger partial charge on any atom is -0.462 e. The van der Waals surface area contributed by atoms with Crippen LogP contribution in [0.5, 0.6) is 0 Å². The fraction of sp³-hybridized carbons (Fsp3) is 0.158. The van der Waals surface area contributed by atoms with Crippen LogP contribution in [-0.4, -0.2) is 22.5 Å². The number of carbonyl (C=O) groups excluding carboxylic acids is 1. The number of nitro groups is 1. The van der Waals surface area contributed by atoms with Crippen LogP contribution in [-0.2, 0) is 4.74 Å². The molecule has 0 amide bonds. The number of esters is 1. The Kier molecular flexibility index (Phi) is 4.43. The van der Waals surface area contributed by atoms with Crippen LogP contribution in [0.15, 0.2) is 48.5 Å².